The summed E-state index contributed by atoms with van der Waals surface area (Å²) in [7, 11) is 1.34. The van der Waals surface area contributed by atoms with Crippen LogP contribution in [-0.2, 0) is 9.53 Å². The largest absolute Gasteiger partial charge is 0.468 e. The van der Waals surface area contributed by atoms with Gasteiger partial charge >= 0.3 is 5.97 Å². The lowest BCUT2D eigenvalue weighted by Gasteiger charge is -2.13. The quantitative estimate of drug-likeness (QED) is 0.103. The molecule has 0 saturated heterocycles. The molecule has 0 N–H and O–H groups in total. The molecule has 0 radical (unpaired) electrons. The van der Waals surface area contributed by atoms with Crippen molar-refractivity contribution in [2.75, 3.05) is 17.8 Å². The third-order valence-electron chi connectivity index (χ3n) is 4.25. The first kappa shape index (κ1) is 22.4. The van der Waals surface area contributed by atoms with Gasteiger partial charge in [-0.15, -0.1) is 11.3 Å². The van der Waals surface area contributed by atoms with Crippen molar-refractivity contribution in [2.45, 2.75) is 4.34 Å². The molecule has 0 saturated carbocycles. The number of rotatable bonds is 4. The van der Waals surface area contributed by atoms with Gasteiger partial charge in [-0.3, -0.25) is 14.4 Å². The molecular weight excluding hydrogens is 692 g/mol. The van der Waals surface area contributed by atoms with Crippen molar-refractivity contribution >= 4 is 121 Å². The molecule has 2 heterocycles. The molecule has 4 rings (SSSR count). The number of carbonyl (C=O) groups is 3. The summed E-state index contributed by atoms with van der Waals surface area (Å²) in [5.74, 6) is -1.01. The van der Waals surface area contributed by atoms with Crippen LogP contribution >= 0.6 is 86.8 Å². The molecule has 3 aromatic rings. The highest BCUT2D eigenvalue weighted by atomic mass is 79.9. The minimum absolute atomic E-state index is 0.160. The molecule has 154 valence electrons. The van der Waals surface area contributed by atoms with Gasteiger partial charge in [0.25, 0.3) is 11.8 Å². The first-order valence-electron chi connectivity index (χ1n) is 8.09. The average molecular weight is 700 g/mol. The van der Waals surface area contributed by atoms with Crippen LogP contribution in [0.1, 0.15) is 20.7 Å². The molecule has 30 heavy (non-hydrogen) atoms. The van der Waals surface area contributed by atoms with Crippen LogP contribution in [0.2, 0.25) is 0 Å². The second-order valence-electron chi connectivity index (χ2n) is 5.95. The standard InChI is InChI=1S/C18H8Br4N2O4S2/c1-28-9(25)5-29-18-23-7-3-2-6(4-8(7)30-18)24-16(26)10-11(17(24)27)13(20)15(22)14(21)12(10)19/h2-4H,5H2,1H3. The number of esters is 1. The Hall–Kier alpha value is -0.790. The molecule has 2 aromatic carbocycles. The number of halogens is 4. The molecule has 0 unspecified atom stereocenters. The molecule has 1 aromatic heterocycles. The van der Waals surface area contributed by atoms with Crippen molar-refractivity contribution in [3.05, 3.63) is 47.2 Å². The van der Waals surface area contributed by atoms with E-state index in [0.29, 0.717) is 39.0 Å². The lowest BCUT2D eigenvalue weighted by Crippen LogP contribution is -2.29. The van der Waals surface area contributed by atoms with E-state index in [-0.39, 0.29) is 11.7 Å². The number of methoxy groups -OCH3 is 1. The molecule has 0 atom stereocenters. The van der Waals surface area contributed by atoms with E-state index in [0.717, 1.165) is 15.1 Å². The Kier molecular flexibility index (Phi) is 6.44. The smallest absolute Gasteiger partial charge is 0.316 e. The van der Waals surface area contributed by atoms with E-state index < -0.39 is 11.8 Å². The van der Waals surface area contributed by atoms with Gasteiger partial charge in [-0.25, -0.2) is 9.88 Å². The fourth-order valence-electron chi connectivity index (χ4n) is 2.86. The number of hydrogen-bond acceptors (Lipinski definition) is 7. The van der Waals surface area contributed by atoms with Crippen molar-refractivity contribution < 1.29 is 19.1 Å². The lowest BCUT2D eigenvalue weighted by atomic mass is 10.1. The molecule has 12 heteroatoms. The van der Waals surface area contributed by atoms with Crippen LogP contribution in [0.25, 0.3) is 10.2 Å². The highest BCUT2D eigenvalue weighted by molar-refractivity contribution is 9.15. The van der Waals surface area contributed by atoms with E-state index in [1.807, 2.05) is 0 Å². The lowest BCUT2D eigenvalue weighted by molar-refractivity contribution is -0.137. The fraction of sp³-hybridized carbons (Fsp3) is 0.111. The fourth-order valence-corrected chi connectivity index (χ4v) is 7.25. The van der Waals surface area contributed by atoms with Crippen LogP contribution in [0.4, 0.5) is 5.69 Å². The number of amides is 2. The Morgan fingerprint density at radius 1 is 1.07 bits per heavy atom. The van der Waals surface area contributed by atoms with Crippen molar-refractivity contribution in [1.82, 2.24) is 4.98 Å². The first-order chi connectivity index (χ1) is 14.2. The molecule has 0 aliphatic carbocycles. The number of ether oxygens (including phenoxy) is 1. The summed E-state index contributed by atoms with van der Waals surface area (Å²) in [6.07, 6.45) is 0. The second kappa shape index (κ2) is 8.62. The van der Waals surface area contributed by atoms with Gasteiger partial charge in [-0.1, -0.05) is 11.8 Å². The zero-order valence-electron chi connectivity index (χ0n) is 14.8. The third kappa shape index (κ3) is 3.69. The van der Waals surface area contributed by atoms with Gasteiger partial charge in [0.15, 0.2) is 4.34 Å². The normalized spacial score (nSPS) is 13.3. The highest BCUT2D eigenvalue weighted by Gasteiger charge is 2.42. The van der Waals surface area contributed by atoms with E-state index in [4.69, 9.17) is 0 Å². The number of hydrogen-bond donors (Lipinski definition) is 0. The highest BCUT2D eigenvalue weighted by Crippen LogP contribution is 2.46. The number of thiazole rings is 1. The summed E-state index contributed by atoms with van der Waals surface area (Å²) in [6.45, 7) is 0. The number of fused-ring (bicyclic) bond motifs is 2. The SMILES string of the molecule is COC(=O)CSc1nc2ccc(N3C(=O)c4c(Br)c(Br)c(Br)c(Br)c4C3=O)cc2s1. The molecule has 1 aliphatic rings. The maximum atomic E-state index is 13.1. The predicted octanol–water partition coefficient (Wildman–Crippen LogP) is 6.41. The number of benzene rings is 2. The molecule has 0 fully saturated rings. The number of aromatic nitrogens is 1. The monoisotopic (exact) mass is 696 g/mol. The Morgan fingerprint density at radius 2 is 1.67 bits per heavy atom. The van der Waals surface area contributed by atoms with Crippen LogP contribution in [0.5, 0.6) is 0 Å². The van der Waals surface area contributed by atoms with Gasteiger partial charge in [0.05, 0.1) is 39.9 Å². The average Bonchev–Trinajstić information content (AvgIpc) is 3.25. The summed E-state index contributed by atoms with van der Waals surface area (Å²) < 4.78 is 8.45. The number of carbonyl (C=O) groups excluding carboxylic acids is 3. The summed E-state index contributed by atoms with van der Waals surface area (Å²) in [5, 5.41) is 0. The molecule has 0 spiro atoms. The number of nitrogens with zero attached hydrogens (tertiary/aromatic N) is 2. The zero-order chi connectivity index (χ0) is 21.7. The first-order valence-corrected chi connectivity index (χ1v) is 13.1. The van der Waals surface area contributed by atoms with E-state index in [2.05, 4.69) is 73.4 Å². The van der Waals surface area contributed by atoms with Crippen molar-refractivity contribution in [3.8, 4) is 0 Å². The van der Waals surface area contributed by atoms with E-state index in [1.54, 1.807) is 18.2 Å². The third-order valence-corrected chi connectivity index (χ3v) is 11.2. The number of thioether (sulfide) groups is 1. The Balaban J connectivity index is 1.73. The summed E-state index contributed by atoms with van der Waals surface area (Å²) in [5.41, 5.74) is 1.76. The maximum Gasteiger partial charge on any atom is 0.316 e. The maximum absolute atomic E-state index is 13.1. The van der Waals surface area contributed by atoms with Crippen molar-refractivity contribution in [3.63, 3.8) is 0 Å². The Morgan fingerprint density at radius 3 is 2.23 bits per heavy atom. The van der Waals surface area contributed by atoms with Gasteiger partial charge in [0.1, 0.15) is 0 Å². The Bertz CT molecular complexity index is 1210. The summed E-state index contributed by atoms with van der Waals surface area (Å²) >= 11 is 16.3. The van der Waals surface area contributed by atoms with Gasteiger partial charge in [-0.2, -0.15) is 0 Å². The second-order valence-corrected chi connectivity index (χ2v) is 11.4. The van der Waals surface area contributed by atoms with Crippen LogP contribution in [0, 0.1) is 0 Å². The van der Waals surface area contributed by atoms with Gasteiger partial charge < -0.3 is 4.74 Å². The topological polar surface area (TPSA) is 76.6 Å². The molecule has 0 bridgehead atoms. The van der Waals surface area contributed by atoms with Gasteiger partial charge in [0.2, 0.25) is 0 Å². The van der Waals surface area contributed by atoms with E-state index >= 15 is 0 Å². The number of anilines is 1. The summed E-state index contributed by atoms with van der Waals surface area (Å²) in [4.78, 5) is 43.3. The van der Waals surface area contributed by atoms with Crippen LogP contribution in [0.15, 0.2) is 40.4 Å². The minimum atomic E-state index is -0.417. The van der Waals surface area contributed by atoms with Crippen LogP contribution in [-0.4, -0.2) is 35.6 Å². The molecule has 6 nitrogen and oxygen atoms in total. The van der Waals surface area contributed by atoms with Gasteiger partial charge in [-0.05, 0) is 81.9 Å². The van der Waals surface area contributed by atoms with Crippen molar-refractivity contribution in [1.29, 1.82) is 0 Å². The van der Waals surface area contributed by atoms with Crippen LogP contribution < -0.4 is 4.90 Å². The van der Waals surface area contributed by atoms with Gasteiger partial charge in [0, 0.05) is 17.9 Å². The molecule has 1 aliphatic heterocycles. The van der Waals surface area contributed by atoms with Crippen molar-refractivity contribution in [2.24, 2.45) is 0 Å². The minimum Gasteiger partial charge on any atom is -0.468 e. The summed E-state index contributed by atoms with van der Waals surface area (Å²) in [6, 6.07) is 5.19. The Labute approximate surface area is 212 Å². The predicted molar refractivity (Wildman–Crippen MR) is 131 cm³/mol. The van der Waals surface area contributed by atoms with Crippen LogP contribution in [0.3, 0.4) is 0 Å². The molecular formula is C18H8Br4N2O4S2. The number of imide groups is 1. The van der Waals surface area contributed by atoms with E-state index in [9.17, 15) is 14.4 Å². The van der Waals surface area contributed by atoms with E-state index in [1.165, 1.54) is 30.2 Å². The zero-order valence-corrected chi connectivity index (χ0v) is 22.8. The molecule has 2 amide bonds.